The predicted molar refractivity (Wildman–Crippen MR) is 85.7 cm³/mol. The molecule has 0 spiro atoms. The number of nitrogens with zero attached hydrogens (tertiary/aromatic N) is 1. The molecule has 0 amide bonds. The summed E-state index contributed by atoms with van der Waals surface area (Å²) in [7, 11) is 0. The van der Waals surface area contributed by atoms with Crippen LogP contribution in [0.25, 0.3) is 0 Å². The third-order valence-corrected chi connectivity index (χ3v) is 4.43. The van der Waals surface area contributed by atoms with Crippen molar-refractivity contribution in [2.75, 3.05) is 0 Å². The van der Waals surface area contributed by atoms with Crippen LogP contribution in [-0.2, 0) is 0 Å². The van der Waals surface area contributed by atoms with Gasteiger partial charge in [-0.25, -0.2) is 4.39 Å². The summed E-state index contributed by atoms with van der Waals surface area (Å²) in [6.45, 7) is 0. The Morgan fingerprint density at radius 2 is 1.91 bits per heavy atom. The molecule has 1 aliphatic carbocycles. The Kier molecular flexibility index (Phi) is 4.16. The van der Waals surface area contributed by atoms with Gasteiger partial charge in [-0.3, -0.25) is 4.79 Å². The van der Waals surface area contributed by atoms with E-state index in [0.29, 0.717) is 11.1 Å². The van der Waals surface area contributed by atoms with Crippen molar-refractivity contribution in [2.24, 2.45) is 11.7 Å². The van der Waals surface area contributed by atoms with Gasteiger partial charge >= 0.3 is 0 Å². The molecular formula is C18H14ClFN2O. The zero-order chi connectivity index (χ0) is 16.6. The fourth-order valence-electron chi connectivity index (χ4n) is 2.58. The summed E-state index contributed by atoms with van der Waals surface area (Å²) >= 11 is 6.05. The topological polar surface area (TPSA) is 66.9 Å². The number of carbonyl (C=O) groups is 1. The van der Waals surface area contributed by atoms with Crippen LogP contribution in [0.4, 0.5) is 4.39 Å². The van der Waals surface area contributed by atoms with Crippen LogP contribution >= 0.6 is 11.6 Å². The SMILES string of the molecule is N#Cc1ccc(C(=O)c2c(Cl)ccc([C@H](N)C3CC3)c2F)cc1. The third-order valence-electron chi connectivity index (χ3n) is 4.11. The summed E-state index contributed by atoms with van der Waals surface area (Å²) in [6.07, 6.45) is 1.95. The zero-order valence-electron chi connectivity index (χ0n) is 12.2. The first-order valence-electron chi connectivity index (χ1n) is 7.31. The van der Waals surface area contributed by atoms with Crippen molar-refractivity contribution in [1.29, 1.82) is 5.26 Å². The Labute approximate surface area is 138 Å². The highest BCUT2D eigenvalue weighted by Crippen LogP contribution is 2.41. The molecule has 3 nitrogen and oxygen atoms in total. The Bertz CT molecular complexity index is 807. The minimum Gasteiger partial charge on any atom is -0.324 e. The molecule has 0 unspecified atom stereocenters. The van der Waals surface area contributed by atoms with Crippen LogP contribution in [0.15, 0.2) is 36.4 Å². The second-order valence-electron chi connectivity index (χ2n) is 5.71. The van der Waals surface area contributed by atoms with Gasteiger partial charge in [0.25, 0.3) is 0 Å². The minimum atomic E-state index is -0.647. The quantitative estimate of drug-likeness (QED) is 0.863. The van der Waals surface area contributed by atoms with Gasteiger partial charge in [0, 0.05) is 17.2 Å². The van der Waals surface area contributed by atoms with Crippen molar-refractivity contribution in [1.82, 2.24) is 0 Å². The zero-order valence-corrected chi connectivity index (χ0v) is 13.0. The third kappa shape index (κ3) is 2.98. The summed E-state index contributed by atoms with van der Waals surface area (Å²) in [5.41, 5.74) is 6.94. The van der Waals surface area contributed by atoms with Crippen LogP contribution in [0, 0.1) is 23.1 Å². The number of nitriles is 1. The molecule has 0 aliphatic heterocycles. The molecule has 0 radical (unpaired) electrons. The van der Waals surface area contributed by atoms with E-state index in [1.807, 2.05) is 6.07 Å². The second kappa shape index (κ2) is 6.11. The Balaban J connectivity index is 2.02. The summed E-state index contributed by atoms with van der Waals surface area (Å²) in [5, 5.41) is 8.86. The van der Waals surface area contributed by atoms with Crippen molar-refractivity contribution in [3.05, 3.63) is 69.5 Å². The van der Waals surface area contributed by atoms with Gasteiger partial charge in [0.1, 0.15) is 5.82 Å². The molecule has 1 saturated carbocycles. The number of hydrogen-bond donors (Lipinski definition) is 1. The molecule has 0 saturated heterocycles. The molecule has 2 N–H and O–H groups in total. The molecule has 3 rings (SSSR count). The van der Waals surface area contributed by atoms with Crippen molar-refractivity contribution in [3.8, 4) is 6.07 Å². The number of hydrogen-bond acceptors (Lipinski definition) is 3. The molecule has 0 aromatic heterocycles. The first kappa shape index (κ1) is 15.7. The monoisotopic (exact) mass is 328 g/mol. The van der Waals surface area contributed by atoms with Gasteiger partial charge in [-0.1, -0.05) is 17.7 Å². The molecule has 0 bridgehead atoms. The number of halogens is 2. The van der Waals surface area contributed by atoms with E-state index in [-0.39, 0.29) is 22.1 Å². The molecule has 2 aromatic rings. The molecule has 0 heterocycles. The van der Waals surface area contributed by atoms with Crippen molar-refractivity contribution in [2.45, 2.75) is 18.9 Å². The highest BCUT2D eigenvalue weighted by Gasteiger charge is 2.33. The molecule has 1 fully saturated rings. The number of nitrogens with two attached hydrogens (primary N) is 1. The van der Waals surface area contributed by atoms with E-state index in [1.165, 1.54) is 30.3 Å². The smallest absolute Gasteiger partial charge is 0.197 e. The van der Waals surface area contributed by atoms with Gasteiger partial charge in [-0.15, -0.1) is 0 Å². The van der Waals surface area contributed by atoms with E-state index in [2.05, 4.69) is 0 Å². The first-order valence-corrected chi connectivity index (χ1v) is 7.69. The summed E-state index contributed by atoms with van der Waals surface area (Å²) in [6, 6.07) is 10.6. The molecule has 1 aliphatic rings. The molecule has 5 heteroatoms. The maximum atomic E-state index is 14.8. The average Bonchev–Trinajstić information content (AvgIpc) is 3.39. The van der Waals surface area contributed by atoms with Crippen molar-refractivity contribution in [3.63, 3.8) is 0 Å². The molecule has 1 atom stereocenters. The van der Waals surface area contributed by atoms with Crippen LogP contribution in [0.3, 0.4) is 0 Å². The van der Waals surface area contributed by atoms with Crippen molar-refractivity contribution < 1.29 is 9.18 Å². The van der Waals surface area contributed by atoms with Gasteiger partial charge in [0.2, 0.25) is 0 Å². The number of benzene rings is 2. The maximum Gasteiger partial charge on any atom is 0.197 e. The molecule has 23 heavy (non-hydrogen) atoms. The number of ketones is 1. The van der Waals surface area contributed by atoms with Gasteiger partial charge < -0.3 is 5.73 Å². The highest BCUT2D eigenvalue weighted by molar-refractivity contribution is 6.35. The van der Waals surface area contributed by atoms with Gasteiger partial charge in [-0.2, -0.15) is 5.26 Å². The Morgan fingerprint density at radius 3 is 2.48 bits per heavy atom. The van der Waals surface area contributed by atoms with Crippen LogP contribution < -0.4 is 5.73 Å². The van der Waals surface area contributed by atoms with E-state index in [9.17, 15) is 9.18 Å². The van der Waals surface area contributed by atoms with Crippen molar-refractivity contribution >= 4 is 17.4 Å². The van der Waals surface area contributed by atoms with Crippen LogP contribution in [0.5, 0.6) is 0 Å². The summed E-state index contributed by atoms with van der Waals surface area (Å²) in [5.74, 6) is -0.892. The molecular weight excluding hydrogens is 315 g/mol. The first-order chi connectivity index (χ1) is 11.0. The van der Waals surface area contributed by atoms with E-state index < -0.39 is 17.6 Å². The lowest BCUT2D eigenvalue weighted by molar-refractivity contribution is 0.103. The van der Waals surface area contributed by atoms with Gasteiger partial charge in [-0.05, 0) is 49.1 Å². The van der Waals surface area contributed by atoms with E-state index in [4.69, 9.17) is 22.6 Å². The largest absolute Gasteiger partial charge is 0.324 e. The minimum absolute atomic E-state index is 0.0589. The standard InChI is InChI=1S/C18H14ClFN2O/c19-14-8-7-13(17(22)11-5-6-11)16(20)15(14)18(23)12-3-1-10(9-21)2-4-12/h1-4,7-8,11,17H,5-6,22H2/t17-/m1/s1. The fourth-order valence-corrected chi connectivity index (χ4v) is 2.82. The fraction of sp³-hybridized carbons (Fsp3) is 0.222. The number of carbonyl (C=O) groups excluding carboxylic acids is 1. The summed E-state index contributed by atoms with van der Waals surface area (Å²) < 4.78 is 14.8. The average molecular weight is 329 g/mol. The van der Waals surface area contributed by atoms with Crippen LogP contribution in [0.1, 0.15) is 45.9 Å². The van der Waals surface area contributed by atoms with E-state index in [1.54, 1.807) is 6.07 Å². The highest BCUT2D eigenvalue weighted by atomic mass is 35.5. The van der Waals surface area contributed by atoms with Crippen LogP contribution in [0.2, 0.25) is 5.02 Å². The lowest BCUT2D eigenvalue weighted by atomic mass is 9.95. The molecule has 116 valence electrons. The Morgan fingerprint density at radius 1 is 1.26 bits per heavy atom. The molecule has 2 aromatic carbocycles. The normalized spacial score (nSPS) is 15.0. The second-order valence-corrected chi connectivity index (χ2v) is 6.11. The predicted octanol–water partition coefficient (Wildman–Crippen LogP) is 3.99. The van der Waals surface area contributed by atoms with Gasteiger partial charge in [0.15, 0.2) is 5.78 Å². The van der Waals surface area contributed by atoms with E-state index >= 15 is 0 Å². The van der Waals surface area contributed by atoms with E-state index in [0.717, 1.165) is 12.8 Å². The van der Waals surface area contributed by atoms with Crippen LogP contribution in [-0.4, -0.2) is 5.78 Å². The lowest BCUT2D eigenvalue weighted by Gasteiger charge is -2.15. The number of rotatable bonds is 4. The Hall–Kier alpha value is -2.22. The summed E-state index contributed by atoms with van der Waals surface area (Å²) in [4.78, 5) is 12.6. The van der Waals surface area contributed by atoms with Gasteiger partial charge in [0.05, 0.1) is 22.2 Å². The maximum absolute atomic E-state index is 14.8. The lowest BCUT2D eigenvalue weighted by Crippen LogP contribution is -2.17.